The standard InChI is InChI=1S/C9H11Cl2N3/c10-6-2-1-5(3-7(6)11)8-4-9(12)14-13-8/h1-3,8-9,13-14H,4,12H2. The molecule has 0 radical (unpaired) electrons. The predicted octanol–water partition coefficient (Wildman–Crippen LogP) is 1.82. The van der Waals surface area contributed by atoms with Gasteiger partial charge in [-0.3, -0.25) is 0 Å². The van der Waals surface area contributed by atoms with Gasteiger partial charge in [-0.15, -0.1) is 0 Å². The molecule has 1 heterocycles. The molecule has 0 spiro atoms. The maximum Gasteiger partial charge on any atom is 0.0698 e. The smallest absolute Gasteiger partial charge is 0.0698 e. The van der Waals surface area contributed by atoms with E-state index in [4.69, 9.17) is 28.9 Å². The van der Waals surface area contributed by atoms with Crippen LogP contribution in [-0.2, 0) is 0 Å². The predicted molar refractivity (Wildman–Crippen MR) is 58.1 cm³/mol. The number of hydrazine groups is 1. The lowest BCUT2D eigenvalue weighted by atomic mass is 10.1. The number of halogens is 2. The highest BCUT2D eigenvalue weighted by Gasteiger charge is 2.22. The molecule has 4 N–H and O–H groups in total. The molecule has 0 amide bonds. The van der Waals surface area contributed by atoms with Crippen LogP contribution in [0.5, 0.6) is 0 Å². The molecular weight excluding hydrogens is 221 g/mol. The molecule has 0 saturated carbocycles. The highest BCUT2D eigenvalue weighted by atomic mass is 35.5. The average Bonchev–Trinajstić information content (AvgIpc) is 2.57. The Bertz CT molecular complexity index is 343. The molecule has 1 saturated heterocycles. The summed E-state index contributed by atoms with van der Waals surface area (Å²) in [4.78, 5) is 0. The third-order valence-corrected chi connectivity index (χ3v) is 3.02. The summed E-state index contributed by atoms with van der Waals surface area (Å²) in [7, 11) is 0. The number of hydrogen-bond acceptors (Lipinski definition) is 3. The number of rotatable bonds is 1. The summed E-state index contributed by atoms with van der Waals surface area (Å²) in [6.45, 7) is 0. The molecule has 0 bridgehead atoms. The van der Waals surface area contributed by atoms with Crippen molar-refractivity contribution < 1.29 is 0 Å². The molecule has 1 fully saturated rings. The fourth-order valence-corrected chi connectivity index (χ4v) is 1.83. The Kier molecular flexibility index (Phi) is 2.95. The summed E-state index contributed by atoms with van der Waals surface area (Å²) in [6.07, 6.45) is 0.840. The van der Waals surface area contributed by atoms with Gasteiger partial charge in [0.25, 0.3) is 0 Å². The van der Waals surface area contributed by atoms with Crippen LogP contribution in [0, 0.1) is 0 Å². The summed E-state index contributed by atoms with van der Waals surface area (Å²) in [5, 5.41) is 1.15. The first kappa shape index (κ1) is 10.2. The van der Waals surface area contributed by atoms with Crippen molar-refractivity contribution >= 4 is 23.2 Å². The minimum Gasteiger partial charge on any atom is -0.315 e. The number of nitrogens with two attached hydrogens (primary N) is 1. The zero-order chi connectivity index (χ0) is 10.1. The van der Waals surface area contributed by atoms with Crippen LogP contribution in [-0.4, -0.2) is 6.17 Å². The van der Waals surface area contributed by atoms with Gasteiger partial charge >= 0.3 is 0 Å². The van der Waals surface area contributed by atoms with Crippen LogP contribution in [0.2, 0.25) is 10.0 Å². The molecule has 1 aromatic carbocycles. The lowest BCUT2D eigenvalue weighted by Gasteiger charge is -2.10. The number of benzene rings is 1. The fourth-order valence-electron chi connectivity index (χ4n) is 1.53. The van der Waals surface area contributed by atoms with Crippen molar-refractivity contribution in [1.82, 2.24) is 10.9 Å². The molecule has 14 heavy (non-hydrogen) atoms. The van der Waals surface area contributed by atoms with Crippen LogP contribution in [0.4, 0.5) is 0 Å². The van der Waals surface area contributed by atoms with Gasteiger partial charge in [-0.2, -0.15) is 0 Å². The normalized spacial score (nSPS) is 26.8. The minimum atomic E-state index is -0.00514. The van der Waals surface area contributed by atoms with E-state index in [2.05, 4.69) is 10.9 Å². The van der Waals surface area contributed by atoms with Gasteiger partial charge in [0.05, 0.1) is 16.2 Å². The second kappa shape index (κ2) is 4.04. The summed E-state index contributed by atoms with van der Waals surface area (Å²) in [5.41, 5.74) is 12.8. The Hall–Kier alpha value is -0.320. The van der Waals surface area contributed by atoms with Crippen LogP contribution in [0.25, 0.3) is 0 Å². The van der Waals surface area contributed by atoms with E-state index in [0.717, 1.165) is 12.0 Å². The highest BCUT2D eigenvalue weighted by molar-refractivity contribution is 6.42. The molecule has 1 aromatic rings. The van der Waals surface area contributed by atoms with Crippen LogP contribution >= 0.6 is 23.2 Å². The number of nitrogens with one attached hydrogen (secondary N) is 2. The van der Waals surface area contributed by atoms with Crippen LogP contribution in [0.15, 0.2) is 18.2 Å². The van der Waals surface area contributed by atoms with E-state index in [1.54, 1.807) is 6.07 Å². The summed E-state index contributed by atoms with van der Waals surface area (Å²) < 4.78 is 0. The van der Waals surface area contributed by atoms with Gasteiger partial charge < -0.3 is 5.73 Å². The van der Waals surface area contributed by atoms with Gasteiger partial charge in [0.1, 0.15) is 0 Å². The molecule has 76 valence electrons. The minimum absolute atomic E-state index is 0.00514. The first-order valence-corrected chi connectivity index (χ1v) is 5.14. The molecule has 1 aliphatic rings. The third kappa shape index (κ3) is 2.02. The quantitative estimate of drug-likeness (QED) is 0.692. The van der Waals surface area contributed by atoms with Crippen molar-refractivity contribution in [2.45, 2.75) is 18.6 Å². The Morgan fingerprint density at radius 1 is 1.21 bits per heavy atom. The van der Waals surface area contributed by atoms with Gasteiger partial charge in [-0.1, -0.05) is 29.3 Å². The Morgan fingerprint density at radius 3 is 2.57 bits per heavy atom. The highest BCUT2D eigenvalue weighted by Crippen LogP contribution is 2.28. The van der Waals surface area contributed by atoms with Crippen LogP contribution in [0.3, 0.4) is 0 Å². The summed E-state index contributed by atoms with van der Waals surface area (Å²) in [5.74, 6) is 0. The molecule has 3 nitrogen and oxygen atoms in total. The van der Waals surface area contributed by atoms with Gasteiger partial charge in [0.15, 0.2) is 0 Å². The van der Waals surface area contributed by atoms with Crippen molar-refractivity contribution in [2.75, 3.05) is 0 Å². The van der Waals surface area contributed by atoms with E-state index in [0.29, 0.717) is 10.0 Å². The van der Waals surface area contributed by atoms with Crippen molar-refractivity contribution in [2.24, 2.45) is 5.73 Å². The number of hydrogen-bond donors (Lipinski definition) is 3. The van der Waals surface area contributed by atoms with E-state index in [1.165, 1.54) is 0 Å². The maximum atomic E-state index is 5.92. The monoisotopic (exact) mass is 231 g/mol. The van der Waals surface area contributed by atoms with E-state index in [-0.39, 0.29) is 12.2 Å². The van der Waals surface area contributed by atoms with E-state index < -0.39 is 0 Å². The molecular formula is C9H11Cl2N3. The second-order valence-electron chi connectivity index (χ2n) is 3.36. The maximum absolute atomic E-state index is 5.92. The zero-order valence-corrected chi connectivity index (χ0v) is 8.94. The fraction of sp³-hybridized carbons (Fsp3) is 0.333. The molecule has 2 rings (SSSR count). The first-order valence-electron chi connectivity index (χ1n) is 4.38. The summed E-state index contributed by atoms with van der Waals surface area (Å²) >= 11 is 11.7. The molecule has 1 aliphatic heterocycles. The van der Waals surface area contributed by atoms with E-state index >= 15 is 0 Å². The van der Waals surface area contributed by atoms with Crippen molar-refractivity contribution in [1.29, 1.82) is 0 Å². The Labute approximate surface area is 92.5 Å². The molecule has 2 unspecified atom stereocenters. The van der Waals surface area contributed by atoms with Gasteiger partial charge in [-0.05, 0) is 24.1 Å². The van der Waals surface area contributed by atoms with Crippen LogP contribution in [0.1, 0.15) is 18.0 Å². The molecule has 2 atom stereocenters. The lowest BCUT2D eigenvalue weighted by Crippen LogP contribution is -2.36. The van der Waals surface area contributed by atoms with E-state index in [9.17, 15) is 0 Å². The molecule has 5 heteroatoms. The van der Waals surface area contributed by atoms with Crippen molar-refractivity contribution in [3.63, 3.8) is 0 Å². The Morgan fingerprint density at radius 2 is 2.00 bits per heavy atom. The SMILES string of the molecule is NC1CC(c2ccc(Cl)c(Cl)c2)NN1. The first-order chi connectivity index (χ1) is 6.66. The van der Waals surface area contributed by atoms with Gasteiger partial charge in [0, 0.05) is 6.04 Å². The average molecular weight is 232 g/mol. The van der Waals surface area contributed by atoms with Gasteiger partial charge in [0.2, 0.25) is 0 Å². The Balaban J connectivity index is 2.20. The topological polar surface area (TPSA) is 50.1 Å². The zero-order valence-electron chi connectivity index (χ0n) is 7.43. The van der Waals surface area contributed by atoms with E-state index in [1.807, 2.05) is 12.1 Å². The van der Waals surface area contributed by atoms with Gasteiger partial charge in [-0.25, -0.2) is 10.9 Å². The second-order valence-corrected chi connectivity index (χ2v) is 4.17. The largest absolute Gasteiger partial charge is 0.315 e. The third-order valence-electron chi connectivity index (χ3n) is 2.28. The summed E-state index contributed by atoms with van der Waals surface area (Å²) in [6, 6.07) is 5.82. The van der Waals surface area contributed by atoms with Crippen molar-refractivity contribution in [3.8, 4) is 0 Å². The molecule has 0 aromatic heterocycles. The van der Waals surface area contributed by atoms with Crippen LogP contribution < -0.4 is 16.6 Å². The lowest BCUT2D eigenvalue weighted by molar-refractivity contribution is 0.552. The van der Waals surface area contributed by atoms with Crippen molar-refractivity contribution in [3.05, 3.63) is 33.8 Å². The molecule has 0 aliphatic carbocycles.